The largest absolute Gasteiger partial charge is 0.449 e. The molecule has 8 heteroatoms. The van der Waals surface area contributed by atoms with Gasteiger partial charge in [-0.2, -0.15) is 0 Å². The van der Waals surface area contributed by atoms with Gasteiger partial charge in [0.2, 0.25) is 0 Å². The van der Waals surface area contributed by atoms with E-state index in [1.54, 1.807) is 48.5 Å². The lowest BCUT2D eigenvalue weighted by atomic mass is 10.2. The number of rotatable bonds is 9. The van der Waals surface area contributed by atoms with Gasteiger partial charge >= 0.3 is 12.2 Å². The molecule has 2 amide bonds. The van der Waals surface area contributed by atoms with Crippen molar-refractivity contribution in [2.24, 2.45) is 0 Å². The van der Waals surface area contributed by atoms with E-state index in [4.69, 9.17) is 32.7 Å². The number of halogens is 2. The fraction of sp³-hybridized carbons (Fsp3) is 0.300. The average Bonchev–Trinajstić information content (AvgIpc) is 2.67. The molecule has 0 fully saturated rings. The second-order valence-electron chi connectivity index (χ2n) is 5.95. The van der Waals surface area contributed by atoms with Gasteiger partial charge < -0.3 is 9.47 Å². The van der Waals surface area contributed by atoms with Gasteiger partial charge in [0.05, 0.1) is 13.2 Å². The highest BCUT2D eigenvalue weighted by molar-refractivity contribution is 6.30. The fourth-order valence-electron chi connectivity index (χ4n) is 2.26. The van der Waals surface area contributed by atoms with Crippen molar-refractivity contribution in [1.82, 2.24) is 0 Å². The Hall–Kier alpha value is -2.44. The van der Waals surface area contributed by atoms with Crippen LogP contribution in [0.25, 0.3) is 0 Å². The summed E-state index contributed by atoms with van der Waals surface area (Å²) in [6, 6.07) is 13.6. The third-order valence-corrected chi connectivity index (χ3v) is 4.19. The molecule has 2 N–H and O–H groups in total. The summed E-state index contributed by atoms with van der Waals surface area (Å²) in [7, 11) is 0. The van der Waals surface area contributed by atoms with E-state index < -0.39 is 12.2 Å². The smallest absolute Gasteiger partial charge is 0.411 e. The third kappa shape index (κ3) is 8.97. The van der Waals surface area contributed by atoms with E-state index in [1.165, 1.54) is 0 Å². The number of unbranched alkanes of at least 4 members (excludes halogenated alkanes) is 3. The van der Waals surface area contributed by atoms with E-state index in [2.05, 4.69) is 10.6 Å². The lowest BCUT2D eigenvalue weighted by molar-refractivity contribution is 0.153. The Balaban J connectivity index is 1.45. The molecule has 150 valence electrons. The molecule has 0 heterocycles. The third-order valence-electron chi connectivity index (χ3n) is 3.69. The van der Waals surface area contributed by atoms with Crippen LogP contribution in [0.3, 0.4) is 0 Å². The monoisotopic (exact) mass is 424 g/mol. The van der Waals surface area contributed by atoms with Gasteiger partial charge in [0, 0.05) is 21.4 Å². The molecule has 0 aromatic heterocycles. The molecule has 0 bridgehead atoms. The molecule has 2 aromatic rings. The summed E-state index contributed by atoms with van der Waals surface area (Å²) >= 11 is 11.6. The Kier molecular flexibility index (Phi) is 9.45. The Labute approximate surface area is 174 Å². The highest BCUT2D eigenvalue weighted by Gasteiger charge is 2.04. The zero-order chi connectivity index (χ0) is 20.2. The van der Waals surface area contributed by atoms with Crippen LogP contribution in [0.15, 0.2) is 48.5 Å². The van der Waals surface area contributed by atoms with Crippen LogP contribution in [0.2, 0.25) is 10.0 Å². The van der Waals surface area contributed by atoms with Gasteiger partial charge in [-0.05, 0) is 74.2 Å². The number of anilines is 2. The summed E-state index contributed by atoms with van der Waals surface area (Å²) in [5.74, 6) is 0. The molecule has 0 aliphatic heterocycles. The molecule has 0 spiro atoms. The normalized spacial score (nSPS) is 10.2. The van der Waals surface area contributed by atoms with Crippen molar-refractivity contribution in [1.29, 1.82) is 0 Å². The number of nitrogens with one attached hydrogen (secondary N) is 2. The average molecular weight is 425 g/mol. The number of benzene rings is 2. The first-order chi connectivity index (χ1) is 13.5. The number of hydrogen-bond donors (Lipinski definition) is 2. The maximum Gasteiger partial charge on any atom is 0.411 e. The summed E-state index contributed by atoms with van der Waals surface area (Å²) < 4.78 is 10.2. The number of ether oxygens (including phenoxy) is 2. The minimum Gasteiger partial charge on any atom is -0.449 e. The van der Waals surface area contributed by atoms with Crippen LogP contribution in [0, 0.1) is 0 Å². The van der Waals surface area contributed by atoms with Crippen molar-refractivity contribution < 1.29 is 19.1 Å². The van der Waals surface area contributed by atoms with Crippen molar-refractivity contribution >= 4 is 46.8 Å². The highest BCUT2D eigenvalue weighted by atomic mass is 35.5. The van der Waals surface area contributed by atoms with Gasteiger partial charge in [-0.15, -0.1) is 0 Å². The van der Waals surface area contributed by atoms with Crippen LogP contribution in [0.4, 0.5) is 21.0 Å². The minimum atomic E-state index is -0.496. The van der Waals surface area contributed by atoms with Gasteiger partial charge in [-0.3, -0.25) is 10.6 Å². The van der Waals surface area contributed by atoms with Crippen molar-refractivity contribution in [3.8, 4) is 0 Å². The molecule has 0 radical (unpaired) electrons. The van der Waals surface area contributed by atoms with E-state index in [-0.39, 0.29) is 0 Å². The maximum atomic E-state index is 11.6. The molecular formula is C20H22Cl2N2O4. The molecular weight excluding hydrogens is 403 g/mol. The van der Waals surface area contributed by atoms with E-state index >= 15 is 0 Å². The lowest BCUT2D eigenvalue weighted by Crippen LogP contribution is -2.14. The van der Waals surface area contributed by atoms with Crippen molar-refractivity contribution in [2.45, 2.75) is 25.7 Å². The van der Waals surface area contributed by atoms with Crippen LogP contribution in [-0.2, 0) is 9.47 Å². The van der Waals surface area contributed by atoms with E-state index in [0.717, 1.165) is 25.7 Å². The Morgan fingerprint density at radius 1 is 0.643 bits per heavy atom. The number of carbonyl (C=O) groups excluding carboxylic acids is 2. The number of amides is 2. The maximum absolute atomic E-state index is 11.6. The first kappa shape index (κ1) is 21.9. The van der Waals surface area contributed by atoms with Crippen LogP contribution < -0.4 is 10.6 Å². The molecule has 0 atom stereocenters. The van der Waals surface area contributed by atoms with Crippen LogP contribution in [0.5, 0.6) is 0 Å². The van der Waals surface area contributed by atoms with Crippen molar-refractivity contribution in [3.63, 3.8) is 0 Å². The quantitative estimate of drug-likeness (QED) is 0.459. The second-order valence-corrected chi connectivity index (χ2v) is 6.82. The summed E-state index contributed by atoms with van der Waals surface area (Å²) in [4.78, 5) is 23.3. The second kappa shape index (κ2) is 12.1. The van der Waals surface area contributed by atoms with Gasteiger partial charge in [-0.1, -0.05) is 23.2 Å². The molecule has 0 aliphatic rings. The summed E-state index contributed by atoms with van der Waals surface area (Å²) in [6.07, 6.45) is 2.23. The first-order valence-electron chi connectivity index (χ1n) is 8.91. The zero-order valence-corrected chi connectivity index (χ0v) is 16.8. The Morgan fingerprint density at radius 2 is 1.00 bits per heavy atom. The highest BCUT2D eigenvalue weighted by Crippen LogP contribution is 2.14. The topological polar surface area (TPSA) is 76.7 Å². The van der Waals surface area contributed by atoms with Gasteiger partial charge in [-0.25, -0.2) is 9.59 Å². The van der Waals surface area contributed by atoms with E-state index in [0.29, 0.717) is 34.6 Å². The van der Waals surface area contributed by atoms with Crippen molar-refractivity contribution in [2.75, 3.05) is 23.8 Å². The summed E-state index contributed by atoms with van der Waals surface area (Å²) in [6.45, 7) is 0.661. The lowest BCUT2D eigenvalue weighted by Gasteiger charge is -2.08. The predicted octanol–water partition coefficient (Wildman–Crippen LogP) is 6.35. The molecule has 2 aromatic carbocycles. The standard InChI is InChI=1S/C20H22Cl2N2O4/c21-15-5-9-17(10-6-15)23-19(25)27-13-3-1-2-4-14-28-20(26)24-18-11-7-16(22)8-12-18/h5-12H,1-4,13-14H2,(H,23,25)(H,24,26). The summed E-state index contributed by atoms with van der Waals surface area (Å²) in [5, 5.41) is 6.45. The zero-order valence-electron chi connectivity index (χ0n) is 15.3. The number of hydrogen-bond acceptors (Lipinski definition) is 4. The molecule has 0 aliphatic carbocycles. The molecule has 0 saturated heterocycles. The molecule has 0 unspecified atom stereocenters. The number of carbonyl (C=O) groups is 2. The van der Waals surface area contributed by atoms with Crippen LogP contribution >= 0.6 is 23.2 Å². The molecule has 2 rings (SSSR count). The molecule has 6 nitrogen and oxygen atoms in total. The molecule has 0 saturated carbocycles. The SMILES string of the molecule is O=C(Nc1ccc(Cl)cc1)OCCCCCCOC(=O)Nc1ccc(Cl)cc1. The fourth-order valence-corrected chi connectivity index (χ4v) is 2.51. The Bertz CT molecular complexity index is 686. The van der Waals surface area contributed by atoms with E-state index in [9.17, 15) is 9.59 Å². The minimum absolute atomic E-state index is 0.331. The Morgan fingerprint density at radius 3 is 1.36 bits per heavy atom. The van der Waals surface area contributed by atoms with Crippen molar-refractivity contribution in [3.05, 3.63) is 58.6 Å². The van der Waals surface area contributed by atoms with Gasteiger partial charge in [0.1, 0.15) is 0 Å². The van der Waals surface area contributed by atoms with Gasteiger partial charge in [0.25, 0.3) is 0 Å². The predicted molar refractivity (Wildman–Crippen MR) is 111 cm³/mol. The van der Waals surface area contributed by atoms with Crippen LogP contribution in [-0.4, -0.2) is 25.4 Å². The van der Waals surface area contributed by atoms with Gasteiger partial charge in [0.15, 0.2) is 0 Å². The summed E-state index contributed by atoms with van der Waals surface area (Å²) in [5.41, 5.74) is 1.26. The van der Waals surface area contributed by atoms with Crippen LogP contribution in [0.1, 0.15) is 25.7 Å². The molecule has 28 heavy (non-hydrogen) atoms. The van der Waals surface area contributed by atoms with E-state index in [1.807, 2.05) is 0 Å². The first-order valence-corrected chi connectivity index (χ1v) is 9.67.